The maximum absolute atomic E-state index is 6.58. The maximum Gasteiger partial charge on any atom is 0.130 e. The summed E-state index contributed by atoms with van der Waals surface area (Å²) in [4.78, 5) is 0. The van der Waals surface area contributed by atoms with Gasteiger partial charge in [-0.3, -0.25) is 0 Å². The van der Waals surface area contributed by atoms with Gasteiger partial charge in [0, 0.05) is 12.1 Å². The van der Waals surface area contributed by atoms with Crippen LogP contribution in [-0.4, -0.2) is 21.3 Å². The molecule has 1 aromatic rings. The molecule has 0 heterocycles. The summed E-state index contributed by atoms with van der Waals surface area (Å²) < 4.78 is 16.1. The quantitative estimate of drug-likeness (QED) is 0.733. The van der Waals surface area contributed by atoms with E-state index in [1.807, 2.05) is 12.1 Å². The molecule has 0 radical (unpaired) electrons. The molecule has 1 saturated carbocycles. The van der Waals surface area contributed by atoms with E-state index in [-0.39, 0.29) is 5.38 Å². The second-order valence-corrected chi connectivity index (χ2v) is 5.47. The van der Waals surface area contributed by atoms with E-state index in [0.717, 1.165) is 29.4 Å². The Labute approximate surface area is 119 Å². The van der Waals surface area contributed by atoms with Crippen molar-refractivity contribution in [3.63, 3.8) is 0 Å². The second-order valence-electron chi connectivity index (χ2n) is 4.95. The predicted molar refractivity (Wildman–Crippen MR) is 76.7 cm³/mol. The Morgan fingerprint density at radius 3 is 2.05 bits per heavy atom. The van der Waals surface area contributed by atoms with Gasteiger partial charge in [0.15, 0.2) is 0 Å². The average Bonchev–Trinajstić information content (AvgIpc) is 2.40. The second kappa shape index (κ2) is 6.38. The van der Waals surface area contributed by atoms with Crippen molar-refractivity contribution >= 4 is 11.6 Å². The van der Waals surface area contributed by atoms with Crippen LogP contribution in [0.2, 0.25) is 0 Å². The number of benzene rings is 1. The summed E-state index contributed by atoms with van der Waals surface area (Å²) in [6, 6.07) is 3.71. The van der Waals surface area contributed by atoms with Crippen molar-refractivity contribution in [2.24, 2.45) is 5.92 Å². The van der Waals surface area contributed by atoms with Crippen molar-refractivity contribution in [2.45, 2.75) is 31.1 Å². The molecule has 1 aromatic carbocycles. The van der Waals surface area contributed by atoms with E-state index in [1.54, 1.807) is 21.3 Å². The predicted octanol–water partition coefficient (Wildman–Crippen LogP) is 4.18. The Hall–Kier alpha value is -1.09. The summed E-state index contributed by atoms with van der Waals surface area (Å²) in [5.74, 6) is 2.91. The molecule has 0 aliphatic heterocycles. The van der Waals surface area contributed by atoms with Crippen molar-refractivity contribution in [1.82, 2.24) is 0 Å². The Balaban J connectivity index is 2.29. The standard InChI is InChI=1S/C15H21ClO3/c1-17-11-8-13(18-2)15(14(9-11)19-3)12(16)7-10-5-4-6-10/h8-10,12H,4-7H2,1-3H3. The topological polar surface area (TPSA) is 27.7 Å². The zero-order valence-corrected chi connectivity index (χ0v) is 12.5. The fraction of sp³-hybridized carbons (Fsp3) is 0.600. The molecule has 0 bridgehead atoms. The molecule has 106 valence electrons. The lowest BCUT2D eigenvalue weighted by molar-refractivity contribution is 0.289. The van der Waals surface area contributed by atoms with E-state index in [2.05, 4.69) is 0 Å². The first-order valence-electron chi connectivity index (χ1n) is 6.63. The van der Waals surface area contributed by atoms with Crippen molar-refractivity contribution in [3.05, 3.63) is 17.7 Å². The number of hydrogen-bond acceptors (Lipinski definition) is 3. The Bertz CT molecular complexity index is 404. The summed E-state index contributed by atoms with van der Waals surface area (Å²) in [6.45, 7) is 0. The highest BCUT2D eigenvalue weighted by atomic mass is 35.5. The van der Waals surface area contributed by atoms with E-state index in [4.69, 9.17) is 25.8 Å². The molecule has 1 aliphatic rings. The smallest absolute Gasteiger partial charge is 0.130 e. The van der Waals surface area contributed by atoms with Crippen LogP contribution in [0.25, 0.3) is 0 Å². The average molecular weight is 285 g/mol. The van der Waals surface area contributed by atoms with E-state index in [9.17, 15) is 0 Å². The third-order valence-corrected chi connectivity index (χ3v) is 4.23. The van der Waals surface area contributed by atoms with Crippen molar-refractivity contribution in [3.8, 4) is 17.2 Å². The summed E-state index contributed by atoms with van der Waals surface area (Å²) in [6.07, 6.45) is 4.86. The third kappa shape index (κ3) is 3.08. The zero-order valence-electron chi connectivity index (χ0n) is 11.7. The molecule has 1 aliphatic carbocycles. The summed E-state index contributed by atoms with van der Waals surface area (Å²) in [7, 11) is 4.91. The van der Waals surface area contributed by atoms with Crippen molar-refractivity contribution in [1.29, 1.82) is 0 Å². The van der Waals surface area contributed by atoms with E-state index in [0.29, 0.717) is 5.75 Å². The fourth-order valence-corrected chi connectivity index (χ4v) is 2.95. The lowest BCUT2D eigenvalue weighted by Crippen LogP contribution is -2.13. The van der Waals surface area contributed by atoms with Gasteiger partial charge in [-0.25, -0.2) is 0 Å². The van der Waals surface area contributed by atoms with Gasteiger partial charge in [0.25, 0.3) is 0 Å². The Kier molecular flexibility index (Phi) is 4.81. The summed E-state index contributed by atoms with van der Waals surface area (Å²) in [5, 5.41) is -0.0823. The van der Waals surface area contributed by atoms with E-state index >= 15 is 0 Å². The van der Waals surface area contributed by atoms with Crippen LogP contribution in [0.15, 0.2) is 12.1 Å². The highest BCUT2D eigenvalue weighted by Gasteiger charge is 2.26. The van der Waals surface area contributed by atoms with Crippen molar-refractivity contribution in [2.75, 3.05) is 21.3 Å². The highest BCUT2D eigenvalue weighted by Crippen LogP contribution is 2.45. The Morgan fingerprint density at radius 1 is 1.11 bits per heavy atom. The number of ether oxygens (including phenoxy) is 3. The molecule has 0 spiro atoms. The minimum Gasteiger partial charge on any atom is -0.496 e. The monoisotopic (exact) mass is 284 g/mol. The number of rotatable bonds is 6. The minimum atomic E-state index is -0.0823. The first kappa shape index (κ1) is 14.3. The van der Waals surface area contributed by atoms with Gasteiger partial charge in [-0.15, -0.1) is 11.6 Å². The van der Waals surface area contributed by atoms with Gasteiger partial charge in [0.1, 0.15) is 17.2 Å². The number of alkyl halides is 1. The van der Waals surface area contributed by atoms with Gasteiger partial charge < -0.3 is 14.2 Å². The van der Waals surface area contributed by atoms with Crippen LogP contribution >= 0.6 is 11.6 Å². The first-order chi connectivity index (χ1) is 9.19. The van der Waals surface area contributed by atoms with Crippen LogP contribution in [0.4, 0.5) is 0 Å². The molecular formula is C15H21ClO3. The van der Waals surface area contributed by atoms with E-state index < -0.39 is 0 Å². The molecule has 4 heteroatoms. The van der Waals surface area contributed by atoms with Crippen LogP contribution in [0, 0.1) is 5.92 Å². The van der Waals surface area contributed by atoms with Gasteiger partial charge in [-0.1, -0.05) is 19.3 Å². The van der Waals surface area contributed by atoms with Gasteiger partial charge in [0.05, 0.1) is 32.3 Å². The fourth-order valence-electron chi connectivity index (χ4n) is 2.48. The lowest BCUT2D eigenvalue weighted by Gasteiger charge is -2.28. The number of hydrogen-bond donors (Lipinski definition) is 0. The molecule has 0 aromatic heterocycles. The molecule has 0 amide bonds. The van der Waals surface area contributed by atoms with Crippen LogP contribution < -0.4 is 14.2 Å². The molecule has 1 unspecified atom stereocenters. The van der Waals surface area contributed by atoms with Gasteiger partial charge in [-0.2, -0.15) is 0 Å². The minimum absolute atomic E-state index is 0.0823. The maximum atomic E-state index is 6.58. The van der Waals surface area contributed by atoms with Crippen molar-refractivity contribution < 1.29 is 14.2 Å². The van der Waals surface area contributed by atoms with Crippen LogP contribution in [0.3, 0.4) is 0 Å². The Morgan fingerprint density at radius 2 is 1.68 bits per heavy atom. The molecule has 0 N–H and O–H groups in total. The van der Waals surface area contributed by atoms with Gasteiger partial charge in [0.2, 0.25) is 0 Å². The number of halogens is 1. The largest absolute Gasteiger partial charge is 0.496 e. The van der Waals surface area contributed by atoms with Crippen LogP contribution in [0.1, 0.15) is 36.6 Å². The molecular weight excluding hydrogens is 264 g/mol. The zero-order chi connectivity index (χ0) is 13.8. The SMILES string of the molecule is COc1cc(OC)c(C(Cl)CC2CCC2)c(OC)c1. The van der Waals surface area contributed by atoms with Crippen LogP contribution in [0.5, 0.6) is 17.2 Å². The first-order valence-corrected chi connectivity index (χ1v) is 7.07. The molecule has 3 nitrogen and oxygen atoms in total. The normalized spacial score (nSPS) is 16.6. The summed E-state index contributed by atoms with van der Waals surface area (Å²) >= 11 is 6.58. The molecule has 0 saturated heterocycles. The van der Waals surface area contributed by atoms with E-state index in [1.165, 1.54) is 19.3 Å². The molecule has 19 heavy (non-hydrogen) atoms. The van der Waals surface area contributed by atoms with Crippen LogP contribution in [-0.2, 0) is 0 Å². The van der Waals surface area contributed by atoms with Gasteiger partial charge in [-0.05, 0) is 12.3 Å². The number of methoxy groups -OCH3 is 3. The molecule has 2 rings (SSSR count). The summed E-state index contributed by atoms with van der Waals surface area (Å²) in [5.41, 5.74) is 0.930. The highest BCUT2D eigenvalue weighted by molar-refractivity contribution is 6.21. The lowest BCUT2D eigenvalue weighted by atomic mass is 9.81. The third-order valence-electron chi connectivity index (χ3n) is 3.83. The van der Waals surface area contributed by atoms with Gasteiger partial charge >= 0.3 is 0 Å². The molecule has 1 atom stereocenters. The molecule has 1 fully saturated rings.